The number of hydrogen-bond acceptors (Lipinski definition) is 18. The number of imide groups is 4. The van der Waals surface area contributed by atoms with Crippen molar-refractivity contribution >= 4 is 81.3 Å². The number of nitrogen functional groups attached to an aromatic ring is 1. The van der Waals surface area contributed by atoms with Crippen molar-refractivity contribution in [3.05, 3.63) is 113 Å². The maximum Gasteiger partial charge on any atom is 0.523 e. The van der Waals surface area contributed by atoms with Crippen LogP contribution in [-0.2, 0) is 53.1 Å². The second kappa shape index (κ2) is 26.0. The highest BCUT2D eigenvalue weighted by Gasteiger charge is 2.50. The van der Waals surface area contributed by atoms with Crippen molar-refractivity contribution in [2.75, 3.05) is 17.7 Å². The number of halogens is 12. The first-order chi connectivity index (χ1) is 38.5. The number of fused-ring (bicyclic) bond motifs is 2. The van der Waals surface area contributed by atoms with Crippen molar-refractivity contribution in [3.63, 3.8) is 0 Å². The number of hydrogen-bond donors (Lipinski definition) is 5. The van der Waals surface area contributed by atoms with E-state index in [1.807, 2.05) is 0 Å². The highest BCUT2D eigenvalue weighted by Crippen LogP contribution is 2.34. The molecular formula is C45H38F12N12O13S. The van der Waals surface area contributed by atoms with Crippen molar-refractivity contribution in [1.82, 2.24) is 50.2 Å². The largest absolute Gasteiger partial charge is 0.523 e. The van der Waals surface area contributed by atoms with Crippen LogP contribution in [-0.4, -0.2) is 151 Å². The molecular weight excluding hydrogens is 1180 g/mol. The van der Waals surface area contributed by atoms with Crippen LogP contribution in [0.4, 0.5) is 64.1 Å². The molecule has 25 nitrogen and oxygen atoms in total. The molecule has 6 N–H and O–H groups in total. The molecule has 2 fully saturated rings. The van der Waals surface area contributed by atoms with E-state index in [0.29, 0.717) is 27.8 Å². The predicted molar refractivity (Wildman–Crippen MR) is 251 cm³/mol. The lowest BCUT2D eigenvalue weighted by Crippen LogP contribution is -2.54. The fourth-order valence-corrected chi connectivity index (χ4v) is 7.84. The van der Waals surface area contributed by atoms with E-state index in [-0.39, 0.29) is 65.7 Å². The number of anilines is 2. The summed E-state index contributed by atoms with van der Waals surface area (Å²) in [5.41, 5.74) is 2.05. The third kappa shape index (κ3) is 17.3. The Morgan fingerprint density at radius 3 is 1.57 bits per heavy atom. The van der Waals surface area contributed by atoms with Gasteiger partial charge in [-0.2, -0.15) is 76.4 Å². The Morgan fingerprint density at radius 2 is 1.13 bits per heavy atom. The van der Waals surface area contributed by atoms with Gasteiger partial charge in [0.1, 0.15) is 25.2 Å². The first-order valence-electron chi connectivity index (χ1n) is 22.8. The van der Waals surface area contributed by atoms with Crippen LogP contribution in [0.1, 0.15) is 93.4 Å². The second-order valence-electron chi connectivity index (χ2n) is 17.0. The second-order valence-corrected chi connectivity index (χ2v) is 18.6. The number of H-pyrrole nitrogens is 1. The van der Waals surface area contributed by atoms with Crippen LogP contribution in [0.2, 0.25) is 0 Å². The number of aldehydes is 2. The number of aromatic amines is 1. The lowest BCUT2D eigenvalue weighted by atomic mass is 10.0. The summed E-state index contributed by atoms with van der Waals surface area (Å²) < 4.78 is 164. The number of benzene rings is 2. The number of amides is 8. The van der Waals surface area contributed by atoms with Gasteiger partial charge in [0.25, 0.3) is 23.6 Å². The monoisotopic (exact) mass is 1210 g/mol. The number of nitrogens with one attached hydrogen (secondary N) is 4. The molecule has 0 radical (unpaired) electrons. The van der Waals surface area contributed by atoms with Crippen LogP contribution in [0.25, 0.3) is 0 Å². The van der Waals surface area contributed by atoms with E-state index in [2.05, 4.69) is 40.5 Å². The van der Waals surface area contributed by atoms with E-state index in [4.69, 9.17) is 5.73 Å². The molecule has 83 heavy (non-hydrogen) atoms. The number of nitrogens with two attached hydrogens (primary N) is 1. The molecule has 2 unspecified atom stereocenters. The zero-order valence-electron chi connectivity index (χ0n) is 41.4. The Bertz CT molecular complexity index is 3400. The molecule has 3 aromatic heterocycles. The van der Waals surface area contributed by atoms with Gasteiger partial charge < -0.3 is 11.1 Å². The minimum Gasteiger partial charge on any atom is -0.398 e. The van der Waals surface area contributed by atoms with Gasteiger partial charge in [0, 0.05) is 54.9 Å². The lowest BCUT2D eigenvalue weighted by Gasteiger charge is -2.27. The molecule has 0 saturated carbocycles. The average Bonchev–Trinajstić information content (AvgIpc) is 3.53. The van der Waals surface area contributed by atoms with Gasteiger partial charge in [-0.25, -0.2) is 0 Å². The maximum absolute atomic E-state index is 13.0. The van der Waals surface area contributed by atoms with Gasteiger partial charge in [0.2, 0.25) is 23.6 Å². The standard InChI is InChI=1S/C19H16F3N5O4.C13H11N3O4.C6H5F3N2O.C4H4N2O.C3H2F6O3S/c20-19(21,22)9-26-8-10(7-24-26)6-23-12-3-1-2-11-15(12)18(31)27(17(11)30)13-4-5-14(28)25-16(13)29;14-7-3-1-2-6-10(7)13(20)16(12(6)19)8-4-5-9(17)15-11(8)18;7-6(8,9)4-11-2-5(3-12)1-10-11;7-3-4-1-5-6-2-4;4-2(5,6)1-12-13(10,11)3(7,8)9/h1-3,7-8,13,23H,4-6,9H2,(H,25,28,29);1-3,8H,4-5,14H2,(H,15,17,18);1-3H,4H2;1-3H,(H,5,6);1H2. The molecule has 0 spiro atoms. The fourth-order valence-electron chi connectivity index (χ4n) is 7.42. The Balaban J connectivity index is 0.000000208. The quantitative estimate of drug-likeness (QED) is 0.0311. The molecule has 2 aromatic carbocycles. The molecule has 4 aliphatic heterocycles. The topological polar surface area (TPSA) is 347 Å². The number of nitrogens with zero attached hydrogens (tertiary/aromatic N) is 7. The van der Waals surface area contributed by atoms with Crippen LogP contribution in [0.3, 0.4) is 0 Å². The fraction of sp³-hybridized carbons (Fsp3) is 0.311. The van der Waals surface area contributed by atoms with E-state index in [1.165, 1.54) is 43.0 Å². The van der Waals surface area contributed by atoms with Crippen LogP contribution in [0.15, 0.2) is 73.6 Å². The Morgan fingerprint density at radius 1 is 0.639 bits per heavy atom. The van der Waals surface area contributed by atoms with Gasteiger partial charge in [-0.1, -0.05) is 12.1 Å². The molecule has 0 aliphatic carbocycles. The Hall–Kier alpha value is -9.36. The SMILES string of the molecule is Nc1cccc2c1C(=O)N(C1CCC(=O)NC1=O)C2=O.O=C1CCC(N2C(=O)c3cccc(NCc4cnn(CC(F)(F)F)c4)c3C2=O)C(=O)N1.O=Cc1cn[nH]c1.O=Cc1cnn(CC(F)(F)F)c1.O=S(=O)(OCC(F)(F)F)C(F)(F)F. The number of rotatable bonds is 11. The summed E-state index contributed by atoms with van der Waals surface area (Å²) in [4.78, 5) is 118. The first kappa shape index (κ1) is 64.5. The van der Waals surface area contributed by atoms with Crippen molar-refractivity contribution < 1.29 is 113 Å². The van der Waals surface area contributed by atoms with E-state index in [0.717, 1.165) is 33.2 Å². The Labute approximate surface area is 455 Å². The van der Waals surface area contributed by atoms with Crippen molar-refractivity contribution in [3.8, 4) is 0 Å². The molecule has 446 valence electrons. The zero-order chi connectivity index (χ0) is 62.0. The van der Waals surface area contributed by atoms with Gasteiger partial charge in [-0.05, 0) is 37.1 Å². The lowest BCUT2D eigenvalue weighted by molar-refractivity contribution is -0.156. The third-order valence-corrected chi connectivity index (χ3v) is 11.9. The van der Waals surface area contributed by atoms with E-state index in [9.17, 15) is 109 Å². The number of aromatic nitrogens is 6. The first-order valence-corrected chi connectivity index (χ1v) is 24.2. The summed E-state index contributed by atoms with van der Waals surface area (Å²) in [6.45, 7) is -4.81. The average molecular weight is 1210 g/mol. The van der Waals surface area contributed by atoms with Crippen LogP contribution < -0.4 is 21.7 Å². The van der Waals surface area contributed by atoms with Crippen LogP contribution in [0, 0.1) is 0 Å². The van der Waals surface area contributed by atoms with Gasteiger partial charge in [0.05, 0.1) is 52.0 Å². The molecule has 9 rings (SSSR count). The number of carbonyl (C=O) groups is 10. The zero-order valence-corrected chi connectivity index (χ0v) is 42.2. The van der Waals surface area contributed by atoms with Crippen molar-refractivity contribution in [2.45, 2.75) is 81.4 Å². The minimum absolute atomic E-state index is 0.0107. The predicted octanol–water partition coefficient (Wildman–Crippen LogP) is 4.02. The summed E-state index contributed by atoms with van der Waals surface area (Å²) in [5, 5.41) is 20.2. The summed E-state index contributed by atoms with van der Waals surface area (Å²) in [7, 11) is -6.15. The molecule has 4 aliphatic rings. The number of piperidine rings is 2. The minimum atomic E-state index is -6.15. The smallest absolute Gasteiger partial charge is 0.398 e. The summed E-state index contributed by atoms with van der Waals surface area (Å²) in [5.74, 6) is -4.66. The van der Waals surface area contributed by atoms with Crippen LogP contribution >= 0.6 is 0 Å². The molecule has 2 saturated heterocycles. The number of carbonyl (C=O) groups excluding carboxylic acids is 10. The number of alkyl halides is 12. The van der Waals surface area contributed by atoms with Crippen LogP contribution in [0.5, 0.6) is 0 Å². The van der Waals surface area contributed by atoms with Gasteiger partial charge in [-0.3, -0.25) is 87.0 Å². The molecule has 0 bridgehead atoms. The van der Waals surface area contributed by atoms with E-state index < -0.39 is 113 Å². The summed E-state index contributed by atoms with van der Waals surface area (Å²) in [6.07, 6.45) is -4.74. The van der Waals surface area contributed by atoms with Crippen molar-refractivity contribution in [1.29, 1.82) is 0 Å². The third-order valence-electron chi connectivity index (χ3n) is 10.9. The Kier molecular flexibility index (Phi) is 20.2. The molecule has 8 amide bonds. The van der Waals surface area contributed by atoms with Gasteiger partial charge in [-0.15, -0.1) is 0 Å². The maximum atomic E-state index is 13.0. The van der Waals surface area contributed by atoms with Gasteiger partial charge in [0.15, 0.2) is 19.2 Å². The van der Waals surface area contributed by atoms with Crippen molar-refractivity contribution in [2.24, 2.45) is 0 Å². The highest BCUT2D eigenvalue weighted by molar-refractivity contribution is 7.87. The summed E-state index contributed by atoms with van der Waals surface area (Å²) in [6, 6.07) is 7.11. The molecule has 38 heteroatoms. The molecule has 5 aromatic rings. The summed E-state index contributed by atoms with van der Waals surface area (Å²) >= 11 is 0. The molecule has 7 heterocycles. The van der Waals surface area contributed by atoms with Gasteiger partial charge >= 0.3 is 34.2 Å². The van der Waals surface area contributed by atoms with E-state index in [1.54, 1.807) is 18.2 Å². The molecule has 2 atom stereocenters. The van der Waals surface area contributed by atoms with E-state index >= 15 is 0 Å². The highest BCUT2D eigenvalue weighted by atomic mass is 32.2. The normalized spacial score (nSPS) is 17.1.